The summed E-state index contributed by atoms with van der Waals surface area (Å²) in [6.45, 7) is 0. The number of thioether (sulfide) groups is 1. The molecule has 2 aliphatic rings. The number of carbonyl (C=O) groups excluding carboxylic acids is 1. The number of hydrogen-bond donors (Lipinski definition) is 0. The molecule has 0 spiro atoms. The van der Waals surface area contributed by atoms with Gasteiger partial charge in [-0.3, -0.25) is 4.79 Å². The van der Waals surface area contributed by atoms with E-state index in [0.29, 0.717) is 12.2 Å². The van der Waals surface area contributed by atoms with Crippen molar-refractivity contribution < 1.29 is 4.79 Å². The van der Waals surface area contributed by atoms with E-state index in [1.807, 2.05) is 12.1 Å². The van der Waals surface area contributed by atoms with Crippen molar-refractivity contribution in [1.29, 1.82) is 0 Å². The van der Waals surface area contributed by atoms with Crippen molar-refractivity contribution in [1.82, 2.24) is 0 Å². The van der Waals surface area contributed by atoms with Crippen LogP contribution < -0.4 is 0 Å². The smallest absolute Gasteiger partial charge is 0.160 e. The van der Waals surface area contributed by atoms with Crippen molar-refractivity contribution in [3.8, 4) is 0 Å². The van der Waals surface area contributed by atoms with Gasteiger partial charge < -0.3 is 0 Å². The standard InChI is InChI=1S/C21H18OS/c22-18-12-7-13-19-21(18)17(15-8-3-1-4-9-15)14-20(23-19)16-10-5-2-6-11-16/h1-6,8-11,14,17H,7,12-13H2/t17-/m1/s1. The fraction of sp³-hybridized carbons (Fsp3) is 0.190. The average molecular weight is 318 g/mol. The van der Waals surface area contributed by atoms with Gasteiger partial charge in [0.1, 0.15) is 0 Å². The van der Waals surface area contributed by atoms with Gasteiger partial charge in [0, 0.05) is 22.8 Å². The van der Waals surface area contributed by atoms with E-state index in [1.54, 1.807) is 11.8 Å². The molecule has 0 amide bonds. The molecule has 1 aliphatic carbocycles. The third kappa shape index (κ3) is 2.79. The Morgan fingerprint density at radius 2 is 1.57 bits per heavy atom. The van der Waals surface area contributed by atoms with Crippen LogP contribution in [0.4, 0.5) is 0 Å². The number of rotatable bonds is 2. The highest BCUT2D eigenvalue weighted by molar-refractivity contribution is 8.11. The summed E-state index contributed by atoms with van der Waals surface area (Å²) < 4.78 is 0. The summed E-state index contributed by atoms with van der Waals surface area (Å²) in [5.74, 6) is 0.423. The summed E-state index contributed by atoms with van der Waals surface area (Å²) in [7, 11) is 0. The van der Waals surface area contributed by atoms with Gasteiger partial charge in [-0.15, -0.1) is 0 Å². The molecule has 1 atom stereocenters. The Bertz CT molecular complexity index is 787. The van der Waals surface area contributed by atoms with Gasteiger partial charge in [-0.05, 0) is 28.9 Å². The maximum absolute atomic E-state index is 12.6. The molecule has 0 aromatic heterocycles. The molecule has 0 radical (unpaired) electrons. The highest BCUT2D eigenvalue weighted by Gasteiger charge is 2.32. The molecule has 4 rings (SSSR count). The Balaban J connectivity index is 1.83. The fourth-order valence-corrected chi connectivity index (χ4v) is 4.69. The molecule has 0 N–H and O–H groups in total. The Hall–Kier alpha value is -2.06. The molecule has 0 bridgehead atoms. The summed E-state index contributed by atoms with van der Waals surface area (Å²) in [4.78, 5) is 15.1. The molecule has 2 aromatic rings. The van der Waals surface area contributed by atoms with E-state index in [9.17, 15) is 4.79 Å². The van der Waals surface area contributed by atoms with Gasteiger partial charge in [0.15, 0.2) is 5.78 Å². The first-order valence-electron chi connectivity index (χ1n) is 8.09. The lowest BCUT2D eigenvalue weighted by Gasteiger charge is -2.30. The summed E-state index contributed by atoms with van der Waals surface area (Å²) in [5, 5.41) is 0. The summed E-state index contributed by atoms with van der Waals surface area (Å²) in [5.41, 5.74) is 3.49. The minimum atomic E-state index is 0.0930. The number of Topliss-reactive ketones (excluding diaryl/α,β-unsaturated/α-hetero) is 1. The van der Waals surface area contributed by atoms with Gasteiger partial charge in [0.2, 0.25) is 0 Å². The monoisotopic (exact) mass is 318 g/mol. The van der Waals surface area contributed by atoms with Crippen LogP contribution in [0.15, 0.2) is 77.2 Å². The molecule has 114 valence electrons. The van der Waals surface area contributed by atoms with Crippen LogP contribution in [0.5, 0.6) is 0 Å². The highest BCUT2D eigenvalue weighted by atomic mass is 32.2. The number of hydrogen-bond acceptors (Lipinski definition) is 2. The lowest BCUT2D eigenvalue weighted by atomic mass is 9.82. The lowest BCUT2D eigenvalue weighted by Crippen LogP contribution is -2.18. The Morgan fingerprint density at radius 1 is 0.870 bits per heavy atom. The van der Waals surface area contributed by atoms with Crippen molar-refractivity contribution in [3.63, 3.8) is 0 Å². The Morgan fingerprint density at radius 3 is 2.30 bits per heavy atom. The van der Waals surface area contributed by atoms with Crippen LogP contribution >= 0.6 is 11.8 Å². The molecular formula is C21H18OS. The van der Waals surface area contributed by atoms with Crippen LogP contribution in [0.3, 0.4) is 0 Å². The number of carbonyl (C=O) groups is 1. The van der Waals surface area contributed by atoms with Crippen LogP contribution in [0.2, 0.25) is 0 Å². The maximum Gasteiger partial charge on any atom is 0.160 e. The van der Waals surface area contributed by atoms with Gasteiger partial charge in [0.25, 0.3) is 0 Å². The first kappa shape index (κ1) is 14.5. The summed E-state index contributed by atoms with van der Waals surface area (Å²) >= 11 is 1.79. The second kappa shape index (κ2) is 6.21. The van der Waals surface area contributed by atoms with Crippen molar-refractivity contribution in [2.45, 2.75) is 25.2 Å². The molecule has 0 fully saturated rings. The number of ketones is 1. The third-order valence-electron chi connectivity index (χ3n) is 4.49. The zero-order chi connectivity index (χ0) is 15.6. The third-order valence-corrected chi connectivity index (χ3v) is 5.75. The van der Waals surface area contributed by atoms with Crippen molar-refractivity contribution in [3.05, 3.63) is 88.3 Å². The first-order valence-corrected chi connectivity index (χ1v) is 8.91. The van der Waals surface area contributed by atoms with Gasteiger partial charge in [-0.1, -0.05) is 78.5 Å². The van der Waals surface area contributed by atoms with Crippen molar-refractivity contribution >= 4 is 22.5 Å². The average Bonchev–Trinajstić information content (AvgIpc) is 2.62. The van der Waals surface area contributed by atoms with E-state index < -0.39 is 0 Å². The molecule has 1 nitrogen and oxygen atoms in total. The normalized spacial score (nSPS) is 21.0. The van der Waals surface area contributed by atoms with E-state index in [-0.39, 0.29) is 5.92 Å². The predicted molar refractivity (Wildman–Crippen MR) is 97.1 cm³/mol. The van der Waals surface area contributed by atoms with E-state index in [1.165, 1.54) is 20.9 Å². The number of allylic oxidation sites excluding steroid dienone is 3. The molecule has 0 saturated carbocycles. The number of benzene rings is 2. The second-order valence-corrected chi connectivity index (χ2v) is 7.14. The minimum Gasteiger partial charge on any atom is -0.294 e. The van der Waals surface area contributed by atoms with Gasteiger partial charge in [-0.25, -0.2) is 0 Å². The van der Waals surface area contributed by atoms with Crippen LogP contribution in [0.1, 0.15) is 36.3 Å². The highest BCUT2D eigenvalue weighted by Crippen LogP contribution is 2.49. The molecule has 0 saturated heterocycles. The van der Waals surface area contributed by atoms with Gasteiger partial charge >= 0.3 is 0 Å². The van der Waals surface area contributed by atoms with Crippen LogP contribution in [0.25, 0.3) is 4.91 Å². The second-order valence-electron chi connectivity index (χ2n) is 6.00. The van der Waals surface area contributed by atoms with Gasteiger partial charge in [0.05, 0.1) is 0 Å². The molecule has 1 aliphatic heterocycles. The summed E-state index contributed by atoms with van der Waals surface area (Å²) in [6, 6.07) is 20.9. The van der Waals surface area contributed by atoms with Crippen molar-refractivity contribution in [2.24, 2.45) is 0 Å². The fourth-order valence-electron chi connectivity index (χ4n) is 3.37. The minimum absolute atomic E-state index is 0.0930. The SMILES string of the molecule is O=C1CCCC2=C1[C@@H](c1ccccc1)C=C(c1ccccc1)S2. The molecule has 2 heteroatoms. The molecular weight excluding hydrogens is 300 g/mol. The molecule has 0 unspecified atom stereocenters. The van der Waals surface area contributed by atoms with Crippen LogP contribution in [-0.2, 0) is 4.79 Å². The largest absolute Gasteiger partial charge is 0.294 e. The molecule has 23 heavy (non-hydrogen) atoms. The van der Waals surface area contributed by atoms with E-state index >= 15 is 0 Å². The topological polar surface area (TPSA) is 17.1 Å². The van der Waals surface area contributed by atoms with E-state index in [0.717, 1.165) is 18.4 Å². The van der Waals surface area contributed by atoms with E-state index in [2.05, 4.69) is 54.6 Å². The van der Waals surface area contributed by atoms with Crippen LogP contribution in [-0.4, -0.2) is 5.78 Å². The zero-order valence-corrected chi connectivity index (χ0v) is 13.7. The maximum atomic E-state index is 12.6. The summed E-state index contributed by atoms with van der Waals surface area (Å²) in [6.07, 6.45) is 4.97. The Kier molecular flexibility index (Phi) is 3.92. The predicted octanol–water partition coefficient (Wildman–Crippen LogP) is 5.57. The quantitative estimate of drug-likeness (QED) is 0.720. The molecule has 2 aromatic carbocycles. The zero-order valence-electron chi connectivity index (χ0n) is 12.9. The first-order chi connectivity index (χ1) is 11.3. The molecule has 1 heterocycles. The lowest BCUT2D eigenvalue weighted by molar-refractivity contribution is -0.116. The van der Waals surface area contributed by atoms with E-state index in [4.69, 9.17) is 0 Å². The Labute approximate surface area is 141 Å². The van der Waals surface area contributed by atoms with Gasteiger partial charge in [-0.2, -0.15) is 0 Å². The van der Waals surface area contributed by atoms with Crippen LogP contribution in [0, 0.1) is 0 Å². The van der Waals surface area contributed by atoms with Crippen molar-refractivity contribution in [2.75, 3.05) is 0 Å².